The molecule has 0 spiro atoms. The standard InChI is InChI=1S/C24H21FN2O3S2/c25-22-9-5-20(6-10-22)18-30-23-11-7-19(8-12-23)16-27(17-21-3-1-13-26-15-21)32(28,29)24-4-2-14-31-24/h1-15H,16-18H2. The maximum absolute atomic E-state index is 13.2. The molecular formula is C24H21FN2O3S2. The molecule has 2 aromatic heterocycles. The Morgan fingerprint density at radius 3 is 2.25 bits per heavy atom. The number of nitrogens with zero attached hydrogens (tertiary/aromatic N) is 2. The molecule has 0 aliphatic rings. The van der Waals surface area contributed by atoms with Crippen molar-refractivity contribution in [2.24, 2.45) is 0 Å². The molecule has 4 rings (SSSR count). The van der Waals surface area contributed by atoms with Crippen LogP contribution in [0.15, 0.2) is 94.8 Å². The van der Waals surface area contributed by atoms with E-state index in [0.29, 0.717) is 16.6 Å². The van der Waals surface area contributed by atoms with Gasteiger partial charge in [0.2, 0.25) is 0 Å². The number of pyridine rings is 1. The van der Waals surface area contributed by atoms with Gasteiger partial charge in [0.05, 0.1) is 0 Å². The highest BCUT2D eigenvalue weighted by Crippen LogP contribution is 2.25. The van der Waals surface area contributed by atoms with Gasteiger partial charge < -0.3 is 4.74 Å². The molecule has 2 heterocycles. The SMILES string of the molecule is O=S(=O)(c1cccs1)N(Cc1ccc(OCc2ccc(F)cc2)cc1)Cc1cccnc1. The minimum Gasteiger partial charge on any atom is -0.489 e. The summed E-state index contributed by atoms with van der Waals surface area (Å²) in [4.78, 5) is 4.10. The van der Waals surface area contributed by atoms with Gasteiger partial charge in [-0.05, 0) is 58.5 Å². The van der Waals surface area contributed by atoms with Gasteiger partial charge in [-0.15, -0.1) is 11.3 Å². The lowest BCUT2D eigenvalue weighted by atomic mass is 10.2. The molecule has 0 aliphatic carbocycles. The number of ether oxygens (including phenoxy) is 1. The van der Waals surface area contributed by atoms with Crippen LogP contribution in [0.1, 0.15) is 16.7 Å². The van der Waals surface area contributed by atoms with Crippen LogP contribution in [0, 0.1) is 5.82 Å². The van der Waals surface area contributed by atoms with E-state index in [9.17, 15) is 12.8 Å². The number of benzene rings is 2. The van der Waals surface area contributed by atoms with Crippen LogP contribution in [-0.2, 0) is 29.7 Å². The first-order valence-electron chi connectivity index (χ1n) is 9.89. The Morgan fingerprint density at radius 1 is 0.875 bits per heavy atom. The quantitative estimate of drug-likeness (QED) is 0.337. The van der Waals surface area contributed by atoms with E-state index in [2.05, 4.69) is 4.98 Å². The molecule has 32 heavy (non-hydrogen) atoms. The number of hydrogen-bond acceptors (Lipinski definition) is 5. The Labute approximate surface area is 190 Å². The lowest BCUT2D eigenvalue weighted by Gasteiger charge is -2.21. The Balaban J connectivity index is 1.48. The van der Waals surface area contributed by atoms with E-state index in [1.165, 1.54) is 27.8 Å². The Bertz CT molecular complexity index is 1230. The fourth-order valence-electron chi connectivity index (χ4n) is 3.10. The molecule has 4 aromatic rings. The highest BCUT2D eigenvalue weighted by molar-refractivity contribution is 7.91. The maximum atomic E-state index is 13.2. The zero-order valence-corrected chi connectivity index (χ0v) is 18.7. The van der Waals surface area contributed by atoms with Crippen LogP contribution < -0.4 is 4.74 Å². The Kier molecular flexibility index (Phi) is 6.94. The zero-order chi connectivity index (χ0) is 22.4. The summed E-state index contributed by atoms with van der Waals surface area (Å²) in [6.45, 7) is 0.754. The highest BCUT2D eigenvalue weighted by atomic mass is 32.2. The van der Waals surface area contributed by atoms with Crippen LogP contribution in [0.2, 0.25) is 0 Å². The molecule has 0 aliphatic heterocycles. The van der Waals surface area contributed by atoms with Crippen LogP contribution in [0.25, 0.3) is 0 Å². The van der Waals surface area contributed by atoms with Gasteiger partial charge in [0.1, 0.15) is 22.4 Å². The summed E-state index contributed by atoms with van der Waals surface area (Å²) in [6.07, 6.45) is 3.33. The van der Waals surface area contributed by atoms with Crippen molar-refractivity contribution in [2.75, 3.05) is 0 Å². The second kappa shape index (κ2) is 10.0. The third-order valence-corrected chi connectivity index (χ3v) is 7.94. The van der Waals surface area contributed by atoms with Gasteiger partial charge in [-0.25, -0.2) is 12.8 Å². The topological polar surface area (TPSA) is 59.5 Å². The average molecular weight is 469 g/mol. The van der Waals surface area contributed by atoms with E-state index in [1.54, 1.807) is 60.2 Å². The largest absolute Gasteiger partial charge is 0.489 e. The number of sulfonamides is 1. The van der Waals surface area contributed by atoms with Gasteiger partial charge in [0.25, 0.3) is 10.0 Å². The van der Waals surface area contributed by atoms with Crippen molar-refractivity contribution in [3.05, 3.63) is 113 Å². The van der Waals surface area contributed by atoms with E-state index in [-0.39, 0.29) is 18.9 Å². The van der Waals surface area contributed by atoms with Crippen molar-refractivity contribution in [3.8, 4) is 5.75 Å². The summed E-state index contributed by atoms with van der Waals surface area (Å²) >= 11 is 1.20. The van der Waals surface area contributed by atoms with Gasteiger partial charge in [-0.3, -0.25) is 4.98 Å². The molecule has 0 saturated carbocycles. The summed E-state index contributed by atoms with van der Waals surface area (Å²) in [5, 5.41) is 1.75. The maximum Gasteiger partial charge on any atom is 0.253 e. The molecule has 5 nitrogen and oxygen atoms in total. The van der Waals surface area contributed by atoms with E-state index >= 15 is 0 Å². The van der Waals surface area contributed by atoms with Gasteiger partial charge >= 0.3 is 0 Å². The lowest BCUT2D eigenvalue weighted by Crippen LogP contribution is -2.29. The molecule has 164 valence electrons. The molecular weight excluding hydrogens is 447 g/mol. The van der Waals surface area contributed by atoms with Crippen LogP contribution in [0.4, 0.5) is 4.39 Å². The third kappa shape index (κ3) is 5.59. The van der Waals surface area contributed by atoms with Gasteiger partial charge in [0, 0.05) is 25.5 Å². The van der Waals surface area contributed by atoms with E-state index in [4.69, 9.17) is 4.74 Å². The van der Waals surface area contributed by atoms with Crippen molar-refractivity contribution >= 4 is 21.4 Å². The number of rotatable bonds is 9. The fraction of sp³-hybridized carbons (Fsp3) is 0.125. The van der Waals surface area contributed by atoms with Crippen LogP contribution in [0.5, 0.6) is 5.75 Å². The van der Waals surface area contributed by atoms with Crippen LogP contribution in [0.3, 0.4) is 0 Å². The summed E-state index contributed by atoms with van der Waals surface area (Å²) in [7, 11) is -3.65. The van der Waals surface area contributed by atoms with Crippen LogP contribution >= 0.6 is 11.3 Å². The van der Waals surface area contributed by atoms with E-state index in [0.717, 1.165) is 16.7 Å². The molecule has 2 aromatic carbocycles. The zero-order valence-electron chi connectivity index (χ0n) is 17.1. The molecule has 8 heteroatoms. The highest BCUT2D eigenvalue weighted by Gasteiger charge is 2.26. The van der Waals surface area contributed by atoms with Crippen molar-refractivity contribution in [1.29, 1.82) is 0 Å². The first-order valence-corrected chi connectivity index (χ1v) is 12.2. The molecule has 0 saturated heterocycles. The van der Waals surface area contributed by atoms with Gasteiger partial charge in [-0.1, -0.05) is 36.4 Å². The smallest absolute Gasteiger partial charge is 0.253 e. The molecule has 0 bridgehead atoms. The summed E-state index contributed by atoms with van der Waals surface area (Å²) in [5.74, 6) is 0.365. The second-order valence-corrected chi connectivity index (χ2v) is 10.2. The lowest BCUT2D eigenvalue weighted by molar-refractivity contribution is 0.306. The number of thiophene rings is 1. The predicted octanol–water partition coefficient (Wildman–Crippen LogP) is 5.25. The number of halogens is 1. The molecule has 0 radical (unpaired) electrons. The Morgan fingerprint density at radius 2 is 1.59 bits per heavy atom. The normalized spacial score (nSPS) is 11.6. The van der Waals surface area contributed by atoms with E-state index in [1.807, 2.05) is 18.2 Å². The minimum atomic E-state index is -3.65. The summed E-state index contributed by atoms with van der Waals surface area (Å²) in [6, 6.07) is 20.4. The van der Waals surface area contributed by atoms with Crippen molar-refractivity contribution in [3.63, 3.8) is 0 Å². The average Bonchev–Trinajstić information content (AvgIpc) is 3.36. The van der Waals surface area contributed by atoms with Crippen molar-refractivity contribution in [1.82, 2.24) is 9.29 Å². The van der Waals surface area contributed by atoms with Crippen LogP contribution in [-0.4, -0.2) is 17.7 Å². The van der Waals surface area contributed by atoms with Crippen molar-refractivity contribution < 1.29 is 17.5 Å². The fourth-order valence-corrected chi connectivity index (χ4v) is 5.66. The molecule has 0 fully saturated rings. The minimum absolute atomic E-state index is 0.216. The first-order chi connectivity index (χ1) is 15.5. The molecule has 0 amide bonds. The summed E-state index contributed by atoms with van der Waals surface area (Å²) in [5.41, 5.74) is 2.51. The third-order valence-electron chi connectivity index (χ3n) is 4.77. The second-order valence-electron chi connectivity index (χ2n) is 7.13. The number of hydrogen-bond donors (Lipinski definition) is 0. The predicted molar refractivity (Wildman–Crippen MR) is 122 cm³/mol. The Hall–Kier alpha value is -3.07. The van der Waals surface area contributed by atoms with Gasteiger partial charge in [-0.2, -0.15) is 4.31 Å². The number of aromatic nitrogens is 1. The monoisotopic (exact) mass is 468 g/mol. The molecule has 0 N–H and O–H groups in total. The molecule has 0 atom stereocenters. The van der Waals surface area contributed by atoms with Crippen molar-refractivity contribution in [2.45, 2.75) is 23.9 Å². The van der Waals surface area contributed by atoms with E-state index < -0.39 is 10.0 Å². The summed E-state index contributed by atoms with van der Waals surface area (Å²) < 4.78 is 47.0. The van der Waals surface area contributed by atoms with Gasteiger partial charge in [0.15, 0.2) is 0 Å². The molecule has 0 unspecified atom stereocenters. The first kappa shape index (κ1) is 22.1.